The van der Waals surface area contributed by atoms with Crippen LogP contribution in [0.3, 0.4) is 0 Å². The van der Waals surface area contributed by atoms with E-state index in [9.17, 15) is 0 Å². The first-order valence-electron chi connectivity index (χ1n) is 3.33. The molecule has 10 heavy (non-hydrogen) atoms. The second kappa shape index (κ2) is 7.21. The molecule has 0 aliphatic rings. The van der Waals surface area contributed by atoms with E-state index in [1.807, 2.05) is 6.92 Å². The summed E-state index contributed by atoms with van der Waals surface area (Å²) in [5.41, 5.74) is 0. The fourth-order valence-electron chi connectivity index (χ4n) is 0.451. The van der Waals surface area contributed by atoms with Gasteiger partial charge in [0.05, 0.1) is 13.2 Å². The molecular weight excluding hydrogens is 148 g/mol. The van der Waals surface area contributed by atoms with E-state index in [0.717, 1.165) is 6.61 Å². The molecule has 59 valence electrons. The van der Waals surface area contributed by atoms with Crippen molar-refractivity contribution < 1.29 is 13.9 Å². The second-order valence-corrected chi connectivity index (χ2v) is 1.99. The second-order valence-electron chi connectivity index (χ2n) is 1.75. The van der Waals surface area contributed by atoms with Crippen LogP contribution in [0.2, 0.25) is 0 Å². The summed E-state index contributed by atoms with van der Waals surface area (Å²) in [4.78, 5) is 0. The summed E-state index contributed by atoms with van der Waals surface area (Å²) in [5, 5.41) is 0. The van der Waals surface area contributed by atoms with Crippen LogP contribution in [0.1, 0.15) is 13.8 Å². The van der Waals surface area contributed by atoms with E-state index in [4.69, 9.17) is 9.47 Å². The third-order valence-electron chi connectivity index (χ3n) is 0.950. The number of hydrogen-bond donors (Lipinski definition) is 0. The minimum Gasteiger partial charge on any atom is -0.394 e. The fraction of sp³-hybridized carbons (Fsp3) is 1.00. The van der Waals surface area contributed by atoms with Gasteiger partial charge in [0, 0.05) is 6.61 Å². The van der Waals surface area contributed by atoms with Gasteiger partial charge in [0.1, 0.15) is 6.29 Å². The molecule has 0 fully saturated rings. The first-order valence-corrected chi connectivity index (χ1v) is 3.73. The lowest BCUT2D eigenvalue weighted by Gasteiger charge is -2.10. The molecule has 0 N–H and O–H groups in total. The van der Waals surface area contributed by atoms with Crippen LogP contribution < -0.4 is 0 Å². The maximum Gasteiger partial charge on any atom is 0.249 e. The van der Waals surface area contributed by atoms with Crippen molar-refractivity contribution in [2.45, 2.75) is 20.1 Å². The summed E-state index contributed by atoms with van der Waals surface area (Å²) in [5.74, 6) is 0. The van der Waals surface area contributed by atoms with Crippen molar-refractivity contribution in [1.29, 1.82) is 0 Å². The Bertz CT molecular complexity index is 70.0. The Morgan fingerprint density at radius 3 is 2.60 bits per heavy atom. The molecule has 1 unspecified atom stereocenters. The normalized spacial score (nSPS) is 13.5. The van der Waals surface area contributed by atoms with Crippen LogP contribution in [0.15, 0.2) is 0 Å². The predicted octanol–water partition coefficient (Wildman–Crippen LogP) is 0.486. The molecule has 0 aromatic heterocycles. The van der Waals surface area contributed by atoms with E-state index in [1.54, 1.807) is 6.92 Å². The van der Waals surface area contributed by atoms with Crippen molar-refractivity contribution in [3.63, 3.8) is 0 Å². The summed E-state index contributed by atoms with van der Waals surface area (Å²) < 4.78 is 14.8. The van der Waals surface area contributed by atoms with Gasteiger partial charge in [0.15, 0.2) is 0 Å². The number of hydrogen-bond acceptors (Lipinski definition) is 3. The van der Waals surface area contributed by atoms with Crippen molar-refractivity contribution in [2.24, 2.45) is 0 Å². The maximum atomic E-state index is 5.10. The molecule has 0 aromatic carbocycles. The highest BCUT2D eigenvalue weighted by Gasteiger charge is 1.95. The molecule has 0 rings (SSSR count). The van der Waals surface area contributed by atoms with E-state index < -0.39 is 0 Å². The monoisotopic (exact) mass is 161 g/mol. The molecule has 1 atom stereocenters. The molecule has 0 saturated heterocycles. The quantitative estimate of drug-likeness (QED) is 0.322. The molecular formula is C6H13O3Si. The van der Waals surface area contributed by atoms with E-state index in [2.05, 4.69) is 14.9 Å². The third-order valence-corrected chi connectivity index (χ3v) is 1.28. The van der Waals surface area contributed by atoms with Crippen molar-refractivity contribution in [2.75, 3.05) is 19.8 Å². The molecule has 0 amide bonds. The molecule has 0 saturated carbocycles. The SMILES string of the molecule is CCOCCOC(C)O[Si]. The zero-order chi connectivity index (χ0) is 7.82. The van der Waals surface area contributed by atoms with Gasteiger partial charge in [-0.2, -0.15) is 0 Å². The van der Waals surface area contributed by atoms with Gasteiger partial charge in [-0.1, -0.05) is 0 Å². The van der Waals surface area contributed by atoms with Gasteiger partial charge in [-0.15, -0.1) is 0 Å². The first-order chi connectivity index (χ1) is 4.81. The van der Waals surface area contributed by atoms with Crippen molar-refractivity contribution in [3.8, 4) is 0 Å². The van der Waals surface area contributed by atoms with E-state index in [0.29, 0.717) is 13.2 Å². The Balaban J connectivity index is 2.89. The summed E-state index contributed by atoms with van der Waals surface area (Å²) in [6.45, 7) is 5.67. The van der Waals surface area contributed by atoms with Gasteiger partial charge >= 0.3 is 0 Å². The van der Waals surface area contributed by atoms with Gasteiger partial charge in [-0.25, -0.2) is 0 Å². The highest BCUT2D eigenvalue weighted by molar-refractivity contribution is 5.98. The van der Waals surface area contributed by atoms with Crippen LogP contribution in [0.5, 0.6) is 0 Å². The van der Waals surface area contributed by atoms with E-state index in [-0.39, 0.29) is 6.29 Å². The number of ether oxygens (including phenoxy) is 2. The minimum atomic E-state index is -0.211. The van der Waals surface area contributed by atoms with E-state index in [1.165, 1.54) is 0 Å². The maximum absolute atomic E-state index is 5.10. The molecule has 0 heterocycles. The smallest absolute Gasteiger partial charge is 0.249 e. The average molecular weight is 161 g/mol. The fourth-order valence-corrected chi connectivity index (χ4v) is 0.519. The summed E-state index contributed by atoms with van der Waals surface area (Å²) in [7, 11) is 2.86. The van der Waals surface area contributed by atoms with Crippen LogP contribution in [0.4, 0.5) is 0 Å². The van der Waals surface area contributed by atoms with Crippen LogP contribution in [-0.4, -0.2) is 36.6 Å². The lowest BCUT2D eigenvalue weighted by molar-refractivity contribution is -0.0795. The van der Waals surface area contributed by atoms with Crippen molar-refractivity contribution in [3.05, 3.63) is 0 Å². The van der Waals surface area contributed by atoms with Gasteiger partial charge < -0.3 is 13.9 Å². The largest absolute Gasteiger partial charge is 0.394 e. The van der Waals surface area contributed by atoms with Crippen LogP contribution in [0, 0.1) is 0 Å². The molecule has 0 bridgehead atoms. The van der Waals surface area contributed by atoms with Gasteiger partial charge in [0.25, 0.3) is 0 Å². The van der Waals surface area contributed by atoms with Crippen molar-refractivity contribution >= 4 is 10.5 Å². The lowest BCUT2D eigenvalue weighted by atomic mass is 10.7. The van der Waals surface area contributed by atoms with Crippen LogP contribution >= 0.6 is 0 Å². The Morgan fingerprint density at radius 1 is 1.40 bits per heavy atom. The lowest BCUT2D eigenvalue weighted by Crippen LogP contribution is -2.14. The minimum absolute atomic E-state index is 0.211. The Morgan fingerprint density at radius 2 is 2.10 bits per heavy atom. The predicted molar refractivity (Wildman–Crippen MR) is 38.7 cm³/mol. The van der Waals surface area contributed by atoms with Crippen molar-refractivity contribution in [1.82, 2.24) is 0 Å². The third kappa shape index (κ3) is 6.22. The summed E-state index contributed by atoms with van der Waals surface area (Å²) in [6, 6.07) is 0. The molecule has 0 spiro atoms. The highest BCUT2D eigenvalue weighted by Crippen LogP contribution is 1.88. The zero-order valence-electron chi connectivity index (χ0n) is 6.42. The van der Waals surface area contributed by atoms with Gasteiger partial charge in [-0.05, 0) is 13.8 Å². The van der Waals surface area contributed by atoms with Crippen LogP contribution in [-0.2, 0) is 13.9 Å². The van der Waals surface area contributed by atoms with Gasteiger partial charge in [-0.3, -0.25) is 0 Å². The van der Waals surface area contributed by atoms with Crippen LogP contribution in [0.25, 0.3) is 0 Å². The number of rotatable bonds is 6. The summed E-state index contributed by atoms with van der Waals surface area (Å²) in [6.07, 6.45) is -0.211. The Labute approximate surface area is 65.2 Å². The molecule has 0 aliphatic carbocycles. The molecule has 4 heteroatoms. The zero-order valence-corrected chi connectivity index (χ0v) is 7.42. The Hall–Kier alpha value is 0.0969. The van der Waals surface area contributed by atoms with E-state index >= 15 is 0 Å². The highest BCUT2D eigenvalue weighted by atomic mass is 28.2. The molecule has 0 aliphatic heterocycles. The first kappa shape index (κ1) is 10.1. The Kier molecular flexibility index (Phi) is 7.28. The summed E-state index contributed by atoms with van der Waals surface area (Å²) >= 11 is 0. The molecule has 3 radical (unpaired) electrons. The molecule has 3 nitrogen and oxygen atoms in total. The standard InChI is InChI=1S/C6H13O3Si/c1-3-7-4-5-8-6(2)9-10/h6H,3-5H2,1-2H3. The topological polar surface area (TPSA) is 27.7 Å². The molecule has 0 aromatic rings. The average Bonchev–Trinajstić information content (AvgIpc) is 1.98. The van der Waals surface area contributed by atoms with Gasteiger partial charge in [0.2, 0.25) is 10.5 Å².